The van der Waals surface area contributed by atoms with E-state index >= 15 is 0 Å². The maximum atomic E-state index is 6.35. The second-order valence-electron chi connectivity index (χ2n) is 10.3. The van der Waals surface area contributed by atoms with Crippen LogP contribution in [0.1, 0.15) is 41.5 Å². The average molecular weight is 461 g/mol. The molecule has 172 valence electrons. The predicted molar refractivity (Wildman–Crippen MR) is 137 cm³/mol. The van der Waals surface area contributed by atoms with Gasteiger partial charge in [-0.15, -0.1) is 0 Å². The van der Waals surface area contributed by atoms with Crippen LogP contribution in [0.15, 0.2) is 84.9 Å². The third kappa shape index (κ3) is 5.51. The van der Waals surface area contributed by atoms with Crippen LogP contribution in [-0.2, 0) is 18.9 Å². The van der Waals surface area contributed by atoms with Gasteiger partial charge in [-0.05, 0) is 75.2 Å². The highest BCUT2D eigenvalue weighted by Crippen LogP contribution is 2.23. The molecular weight excluding hydrogens is 428 g/mol. The van der Waals surface area contributed by atoms with Crippen molar-refractivity contribution in [1.29, 1.82) is 0 Å². The summed E-state index contributed by atoms with van der Waals surface area (Å²) in [5, 5.41) is 6.32. The van der Waals surface area contributed by atoms with E-state index in [0.717, 1.165) is 31.9 Å². The molecular formula is C28H32O4Si. The summed E-state index contributed by atoms with van der Waals surface area (Å²) < 4.78 is 12.7. The van der Waals surface area contributed by atoms with Gasteiger partial charge in [0.2, 0.25) is 0 Å². The van der Waals surface area contributed by atoms with Crippen molar-refractivity contribution in [2.75, 3.05) is 0 Å². The highest BCUT2D eigenvalue weighted by atomic mass is 28.4. The van der Waals surface area contributed by atoms with Gasteiger partial charge < -0.3 is 0 Å². The van der Waals surface area contributed by atoms with E-state index in [1.54, 1.807) is 0 Å². The number of hydrogen-bond donors (Lipinski definition) is 0. The molecule has 0 bridgehead atoms. The third-order valence-corrected chi connectivity index (χ3v) is 7.86. The van der Waals surface area contributed by atoms with Crippen LogP contribution in [0.3, 0.4) is 0 Å². The van der Waals surface area contributed by atoms with E-state index in [1.165, 1.54) is 0 Å². The Morgan fingerprint density at radius 3 is 1.21 bits per heavy atom. The van der Waals surface area contributed by atoms with E-state index in [1.807, 2.05) is 65.8 Å². The first-order valence-corrected chi connectivity index (χ1v) is 13.1. The molecule has 0 aliphatic carbocycles. The van der Waals surface area contributed by atoms with Crippen LogP contribution >= 0.6 is 0 Å². The Hall–Kier alpha value is -2.54. The lowest BCUT2D eigenvalue weighted by Gasteiger charge is -2.34. The van der Waals surface area contributed by atoms with Gasteiger partial charge in [0.15, 0.2) is 0 Å². The van der Waals surface area contributed by atoms with Gasteiger partial charge in [-0.25, -0.2) is 18.9 Å². The van der Waals surface area contributed by atoms with Crippen LogP contribution in [0.2, 0.25) is 0 Å². The van der Waals surface area contributed by atoms with Crippen LogP contribution in [0.5, 0.6) is 0 Å². The van der Waals surface area contributed by atoms with Gasteiger partial charge in [0.05, 0.1) is 11.2 Å². The van der Waals surface area contributed by atoms with E-state index in [9.17, 15) is 0 Å². The molecule has 0 heterocycles. The fourth-order valence-corrected chi connectivity index (χ4v) is 6.31. The van der Waals surface area contributed by atoms with Crippen molar-refractivity contribution in [2.24, 2.45) is 0 Å². The Kier molecular flexibility index (Phi) is 6.45. The first-order chi connectivity index (χ1) is 15.6. The highest BCUT2D eigenvalue weighted by Gasteiger charge is 2.48. The molecule has 0 unspecified atom stereocenters. The number of fused-ring (bicyclic) bond motifs is 2. The zero-order valence-corrected chi connectivity index (χ0v) is 21.2. The Balaban J connectivity index is 1.94. The molecule has 5 heteroatoms. The molecule has 4 aromatic carbocycles. The molecule has 0 spiro atoms. The quantitative estimate of drug-likeness (QED) is 0.200. The minimum atomic E-state index is -3.45. The zero-order valence-electron chi connectivity index (χ0n) is 20.2. The summed E-state index contributed by atoms with van der Waals surface area (Å²) in [6.07, 6.45) is 0. The van der Waals surface area contributed by atoms with Crippen LogP contribution < -0.4 is 10.4 Å². The Bertz CT molecular complexity index is 1150. The molecule has 4 aromatic rings. The van der Waals surface area contributed by atoms with E-state index in [-0.39, 0.29) is 0 Å². The SMILES string of the molecule is CC(C)(C)OO[Si](OOC(C)(C)C)(c1ccc2ccccc2c1)c1ccc2ccccc2c1. The topological polar surface area (TPSA) is 36.9 Å². The molecule has 0 aliphatic heterocycles. The lowest BCUT2D eigenvalue weighted by atomic mass is 10.1. The first-order valence-electron chi connectivity index (χ1n) is 11.3. The van der Waals surface area contributed by atoms with Crippen molar-refractivity contribution in [1.82, 2.24) is 0 Å². The average Bonchev–Trinajstić information content (AvgIpc) is 2.77. The molecule has 4 nitrogen and oxygen atoms in total. The highest BCUT2D eigenvalue weighted by molar-refractivity contribution is 6.92. The molecule has 0 saturated carbocycles. The van der Waals surface area contributed by atoms with Crippen LogP contribution in [-0.4, -0.2) is 19.8 Å². The molecule has 0 aromatic heterocycles. The smallest absolute Gasteiger partial charge is 0.239 e. The number of hydrogen-bond acceptors (Lipinski definition) is 4. The predicted octanol–water partition coefficient (Wildman–Crippen LogP) is 6.04. The van der Waals surface area contributed by atoms with E-state index in [2.05, 4.69) is 60.7 Å². The van der Waals surface area contributed by atoms with Gasteiger partial charge in [0.1, 0.15) is 0 Å². The molecule has 0 aliphatic rings. The molecule has 4 rings (SSSR count). The normalized spacial score (nSPS) is 13.0. The summed E-state index contributed by atoms with van der Waals surface area (Å²) in [5.74, 6) is 0. The zero-order chi connectivity index (χ0) is 23.7. The molecule has 33 heavy (non-hydrogen) atoms. The van der Waals surface area contributed by atoms with Gasteiger partial charge >= 0.3 is 8.56 Å². The molecule has 0 radical (unpaired) electrons. The van der Waals surface area contributed by atoms with Crippen LogP contribution in [0, 0.1) is 0 Å². The lowest BCUT2D eigenvalue weighted by molar-refractivity contribution is -0.343. The van der Waals surface area contributed by atoms with Crippen LogP contribution in [0.4, 0.5) is 0 Å². The third-order valence-electron chi connectivity index (χ3n) is 5.08. The van der Waals surface area contributed by atoms with Gasteiger partial charge in [0.25, 0.3) is 0 Å². The van der Waals surface area contributed by atoms with Gasteiger partial charge in [-0.2, -0.15) is 0 Å². The maximum Gasteiger partial charge on any atom is 0.470 e. The second kappa shape index (κ2) is 9.01. The van der Waals surface area contributed by atoms with Crippen LogP contribution in [0.25, 0.3) is 21.5 Å². The maximum absolute atomic E-state index is 6.35. The second-order valence-corrected chi connectivity index (χ2v) is 13.0. The molecule has 0 atom stereocenters. The summed E-state index contributed by atoms with van der Waals surface area (Å²) in [4.78, 5) is 11.9. The molecule has 0 amide bonds. The minimum Gasteiger partial charge on any atom is -0.239 e. The van der Waals surface area contributed by atoms with E-state index < -0.39 is 19.8 Å². The van der Waals surface area contributed by atoms with E-state index in [4.69, 9.17) is 18.9 Å². The Morgan fingerprint density at radius 2 is 0.848 bits per heavy atom. The summed E-state index contributed by atoms with van der Waals surface area (Å²) in [6, 6.07) is 29.0. The van der Waals surface area contributed by atoms with Crippen molar-refractivity contribution >= 4 is 40.5 Å². The van der Waals surface area contributed by atoms with Crippen molar-refractivity contribution in [2.45, 2.75) is 52.7 Å². The van der Waals surface area contributed by atoms with Crippen molar-refractivity contribution in [3.8, 4) is 0 Å². The summed E-state index contributed by atoms with van der Waals surface area (Å²) in [7, 11) is -3.45. The van der Waals surface area contributed by atoms with E-state index in [0.29, 0.717) is 0 Å². The fourth-order valence-electron chi connectivity index (χ4n) is 3.53. The fraction of sp³-hybridized carbons (Fsp3) is 0.286. The monoisotopic (exact) mass is 460 g/mol. The van der Waals surface area contributed by atoms with Gasteiger partial charge in [0, 0.05) is 10.4 Å². The van der Waals surface area contributed by atoms with Crippen molar-refractivity contribution in [3.63, 3.8) is 0 Å². The number of benzene rings is 4. The largest absolute Gasteiger partial charge is 0.470 e. The Labute approximate surface area is 197 Å². The lowest BCUT2D eigenvalue weighted by Crippen LogP contribution is -2.64. The summed E-state index contributed by atoms with van der Waals surface area (Å²) >= 11 is 0. The van der Waals surface area contributed by atoms with Gasteiger partial charge in [-0.3, -0.25) is 0 Å². The van der Waals surface area contributed by atoms with Crippen molar-refractivity contribution < 1.29 is 18.9 Å². The molecule has 0 N–H and O–H groups in total. The molecule has 0 fully saturated rings. The first kappa shape index (κ1) is 23.6. The van der Waals surface area contributed by atoms with Gasteiger partial charge in [-0.1, -0.05) is 72.8 Å². The summed E-state index contributed by atoms with van der Waals surface area (Å²) in [5.41, 5.74) is -1.06. The van der Waals surface area contributed by atoms with Crippen molar-refractivity contribution in [3.05, 3.63) is 84.9 Å². The molecule has 0 saturated heterocycles. The number of rotatable bonds is 6. The Morgan fingerprint density at radius 1 is 0.485 bits per heavy atom. The standard InChI is InChI=1S/C28H32O4Si/c1-27(2,3)29-31-33(32-30-28(4,5)6,25-17-15-21-11-7-9-13-23(21)19-25)26-18-16-22-12-8-10-14-24(22)20-26/h7-20H,1-6H3. The minimum absolute atomic E-state index is 0.531. The summed E-state index contributed by atoms with van der Waals surface area (Å²) in [6.45, 7) is 11.7.